The zero-order chi connectivity index (χ0) is 17.4. The van der Waals surface area contributed by atoms with Gasteiger partial charge in [0.15, 0.2) is 10.6 Å². The van der Waals surface area contributed by atoms with Crippen LogP contribution in [-0.4, -0.2) is 30.1 Å². The summed E-state index contributed by atoms with van der Waals surface area (Å²) in [6, 6.07) is 8.14. The fourth-order valence-corrected chi connectivity index (χ4v) is 2.78. The minimum atomic E-state index is -0.101. The molecule has 0 aliphatic heterocycles. The maximum absolute atomic E-state index is 10.2. The number of nitrogens with zero attached hydrogens (tertiary/aromatic N) is 2. The summed E-state index contributed by atoms with van der Waals surface area (Å²) in [6.45, 7) is 3.71. The lowest BCUT2D eigenvalue weighted by molar-refractivity contribution is 0.447. The average molecular weight is 343 g/mol. The lowest BCUT2D eigenvalue weighted by atomic mass is 10.1. The monoisotopic (exact) mass is 343 g/mol. The third kappa shape index (κ3) is 2.63. The van der Waals surface area contributed by atoms with Crippen LogP contribution < -0.4 is 0 Å². The molecule has 7 heteroatoms. The Labute approximate surface area is 143 Å². The molecule has 1 aromatic heterocycles. The minimum absolute atomic E-state index is 0.0346. The minimum Gasteiger partial charge on any atom is -0.508 e. The zero-order valence-electron chi connectivity index (χ0n) is 13.2. The molecule has 2 aromatic carbocycles. The highest BCUT2D eigenvalue weighted by atomic mass is 32.1. The molecule has 0 amide bonds. The first kappa shape index (κ1) is 16.1. The van der Waals surface area contributed by atoms with Crippen LogP contribution >= 0.6 is 12.2 Å². The van der Waals surface area contributed by atoms with Gasteiger partial charge in [0.1, 0.15) is 17.2 Å². The van der Waals surface area contributed by atoms with E-state index in [9.17, 15) is 15.3 Å². The fraction of sp³-hybridized carbons (Fsp3) is 0.176. The van der Waals surface area contributed by atoms with E-state index in [1.54, 1.807) is 29.7 Å². The van der Waals surface area contributed by atoms with E-state index in [1.807, 2.05) is 13.0 Å². The van der Waals surface area contributed by atoms with Gasteiger partial charge in [-0.25, -0.2) is 0 Å². The van der Waals surface area contributed by atoms with Crippen molar-refractivity contribution >= 4 is 12.2 Å². The smallest absolute Gasteiger partial charge is 0.200 e. The Hall–Kier alpha value is -2.80. The first-order valence-corrected chi connectivity index (χ1v) is 7.85. The topological polar surface area (TPSA) is 94.3 Å². The number of benzene rings is 2. The van der Waals surface area contributed by atoms with E-state index < -0.39 is 0 Å². The first-order chi connectivity index (χ1) is 11.4. The zero-order valence-corrected chi connectivity index (χ0v) is 14.1. The van der Waals surface area contributed by atoms with Gasteiger partial charge >= 0.3 is 0 Å². The van der Waals surface area contributed by atoms with Crippen molar-refractivity contribution in [2.45, 2.75) is 20.3 Å². The highest BCUT2D eigenvalue weighted by Crippen LogP contribution is 2.35. The van der Waals surface area contributed by atoms with Gasteiger partial charge in [-0.05, 0) is 48.8 Å². The average Bonchev–Trinajstić information content (AvgIpc) is 2.92. The molecule has 6 nitrogen and oxygen atoms in total. The molecule has 124 valence electrons. The second-order valence-corrected chi connectivity index (χ2v) is 5.90. The van der Waals surface area contributed by atoms with Crippen molar-refractivity contribution in [1.82, 2.24) is 14.8 Å². The number of aromatic amines is 1. The summed E-state index contributed by atoms with van der Waals surface area (Å²) in [5.41, 5.74) is 2.50. The Bertz CT molecular complexity index is 976. The van der Waals surface area contributed by atoms with Crippen molar-refractivity contribution in [3.8, 4) is 34.3 Å². The molecule has 3 rings (SSSR count). The Kier molecular flexibility index (Phi) is 4.02. The van der Waals surface area contributed by atoms with Crippen LogP contribution in [0.1, 0.15) is 18.1 Å². The Morgan fingerprint density at radius 3 is 2.50 bits per heavy atom. The van der Waals surface area contributed by atoms with Crippen molar-refractivity contribution in [3.05, 3.63) is 46.2 Å². The molecule has 0 atom stereocenters. The van der Waals surface area contributed by atoms with E-state index >= 15 is 0 Å². The van der Waals surface area contributed by atoms with Gasteiger partial charge in [-0.1, -0.05) is 13.0 Å². The summed E-state index contributed by atoms with van der Waals surface area (Å²) >= 11 is 5.29. The molecule has 3 aromatic rings. The SMILES string of the molecule is CCc1cc(-c2n[nH]c(=S)n2-c2ccc(C)c(O)c2)c(O)cc1O. The standard InChI is InChI=1S/C17H17N3O3S/c1-3-10-6-12(15(23)8-14(10)22)16-18-19-17(24)20(16)11-5-4-9(2)13(21)7-11/h4-8,21-23H,3H2,1-2H3,(H,19,24). The van der Waals surface area contributed by atoms with E-state index in [1.165, 1.54) is 6.07 Å². The van der Waals surface area contributed by atoms with Gasteiger partial charge in [-0.2, -0.15) is 5.10 Å². The van der Waals surface area contributed by atoms with Crippen LogP contribution in [0.15, 0.2) is 30.3 Å². The second-order valence-electron chi connectivity index (χ2n) is 5.51. The lowest BCUT2D eigenvalue weighted by Crippen LogP contribution is -1.99. The largest absolute Gasteiger partial charge is 0.508 e. The molecule has 0 aliphatic rings. The number of aromatic nitrogens is 3. The molecule has 0 aliphatic carbocycles. The predicted molar refractivity (Wildman–Crippen MR) is 93.3 cm³/mol. The van der Waals surface area contributed by atoms with Crippen molar-refractivity contribution in [2.24, 2.45) is 0 Å². The molecule has 24 heavy (non-hydrogen) atoms. The van der Waals surface area contributed by atoms with Crippen LogP contribution in [0.5, 0.6) is 17.2 Å². The molecule has 0 fully saturated rings. The predicted octanol–water partition coefficient (Wildman–Crippen LogP) is 3.58. The number of hydrogen-bond donors (Lipinski definition) is 4. The van der Waals surface area contributed by atoms with E-state index in [-0.39, 0.29) is 17.2 Å². The van der Waals surface area contributed by atoms with Crippen molar-refractivity contribution in [1.29, 1.82) is 0 Å². The van der Waals surface area contributed by atoms with E-state index in [4.69, 9.17) is 12.2 Å². The maximum atomic E-state index is 10.2. The van der Waals surface area contributed by atoms with Crippen LogP contribution in [0.4, 0.5) is 0 Å². The molecule has 4 N–H and O–H groups in total. The second kappa shape index (κ2) is 6.01. The highest BCUT2D eigenvalue weighted by Gasteiger charge is 2.17. The van der Waals surface area contributed by atoms with Crippen LogP contribution in [0, 0.1) is 11.7 Å². The van der Waals surface area contributed by atoms with Gasteiger partial charge in [0.2, 0.25) is 0 Å². The van der Waals surface area contributed by atoms with Gasteiger partial charge < -0.3 is 15.3 Å². The van der Waals surface area contributed by atoms with Crippen molar-refractivity contribution in [2.75, 3.05) is 0 Å². The van der Waals surface area contributed by atoms with E-state index in [2.05, 4.69) is 10.2 Å². The number of aromatic hydroxyl groups is 3. The number of phenolic OH excluding ortho intramolecular Hbond substituents is 3. The fourth-order valence-electron chi connectivity index (χ4n) is 2.54. The quantitative estimate of drug-likeness (QED) is 0.545. The van der Waals surface area contributed by atoms with Crippen molar-refractivity contribution in [3.63, 3.8) is 0 Å². The van der Waals surface area contributed by atoms with E-state index in [0.717, 1.165) is 5.56 Å². The molecular formula is C17H17N3O3S. The van der Waals surface area contributed by atoms with Gasteiger partial charge in [0.25, 0.3) is 0 Å². The van der Waals surface area contributed by atoms with E-state index in [0.29, 0.717) is 33.8 Å². The number of nitrogens with one attached hydrogen (secondary N) is 1. The lowest BCUT2D eigenvalue weighted by Gasteiger charge is -2.11. The van der Waals surface area contributed by atoms with Gasteiger partial charge in [-0.3, -0.25) is 9.67 Å². The van der Waals surface area contributed by atoms with Gasteiger partial charge in [0, 0.05) is 12.1 Å². The highest BCUT2D eigenvalue weighted by molar-refractivity contribution is 7.71. The summed E-state index contributed by atoms with van der Waals surface area (Å²) in [5.74, 6) is 0.477. The molecule has 1 heterocycles. The molecule has 0 unspecified atom stereocenters. The van der Waals surface area contributed by atoms with Crippen LogP contribution in [0.3, 0.4) is 0 Å². The van der Waals surface area contributed by atoms with Crippen LogP contribution in [0.2, 0.25) is 0 Å². The molecule has 0 saturated carbocycles. The molecule has 0 bridgehead atoms. The normalized spacial score (nSPS) is 10.9. The molecule has 0 saturated heterocycles. The Morgan fingerprint density at radius 1 is 1.08 bits per heavy atom. The summed E-state index contributed by atoms with van der Waals surface area (Å²) in [7, 11) is 0. The summed E-state index contributed by atoms with van der Waals surface area (Å²) in [5, 5.41) is 37.0. The third-order valence-corrected chi connectivity index (χ3v) is 4.22. The Balaban J connectivity index is 2.25. The number of hydrogen-bond acceptors (Lipinski definition) is 5. The Morgan fingerprint density at radius 2 is 1.83 bits per heavy atom. The van der Waals surface area contributed by atoms with Gasteiger partial charge in [0.05, 0.1) is 11.3 Å². The molecule has 0 spiro atoms. The summed E-state index contributed by atoms with van der Waals surface area (Å²) in [6.07, 6.45) is 0.607. The van der Waals surface area contributed by atoms with Crippen LogP contribution in [-0.2, 0) is 6.42 Å². The first-order valence-electron chi connectivity index (χ1n) is 7.45. The summed E-state index contributed by atoms with van der Waals surface area (Å²) in [4.78, 5) is 0. The van der Waals surface area contributed by atoms with Crippen molar-refractivity contribution < 1.29 is 15.3 Å². The maximum Gasteiger partial charge on any atom is 0.200 e. The number of phenols is 3. The number of aryl methyl sites for hydroxylation is 2. The number of H-pyrrole nitrogens is 1. The third-order valence-electron chi connectivity index (χ3n) is 3.94. The van der Waals surface area contributed by atoms with Crippen LogP contribution in [0.25, 0.3) is 17.1 Å². The van der Waals surface area contributed by atoms with Gasteiger partial charge in [-0.15, -0.1) is 0 Å². The number of rotatable bonds is 3. The molecular weight excluding hydrogens is 326 g/mol. The molecule has 0 radical (unpaired) electrons. The summed E-state index contributed by atoms with van der Waals surface area (Å²) < 4.78 is 1.96.